The molecule has 0 saturated carbocycles. The van der Waals surface area contributed by atoms with Crippen LogP contribution in [0.4, 0.5) is 0 Å². The second kappa shape index (κ2) is 8.69. The van der Waals surface area contributed by atoms with Crippen molar-refractivity contribution in [1.82, 2.24) is 9.55 Å². The summed E-state index contributed by atoms with van der Waals surface area (Å²) < 4.78 is 6.81. The van der Waals surface area contributed by atoms with E-state index >= 15 is 0 Å². The summed E-state index contributed by atoms with van der Waals surface area (Å²) >= 11 is 7.12. The van der Waals surface area contributed by atoms with Gasteiger partial charge in [-0.25, -0.2) is 4.98 Å². The van der Waals surface area contributed by atoms with Crippen molar-refractivity contribution < 1.29 is 9.53 Å². The van der Waals surface area contributed by atoms with Gasteiger partial charge < -0.3 is 4.74 Å². The third kappa shape index (κ3) is 4.40. The Hall–Kier alpha value is -2.15. The minimum Gasteiger partial charge on any atom is -0.383 e. The van der Waals surface area contributed by atoms with Crippen molar-refractivity contribution in [2.75, 3.05) is 19.5 Å². The predicted octanol–water partition coefficient (Wildman–Crippen LogP) is 4.23. The highest BCUT2D eigenvalue weighted by atomic mass is 35.5. The number of hydrogen-bond donors (Lipinski definition) is 0. The zero-order valence-corrected chi connectivity index (χ0v) is 16.6. The number of para-hydroxylation sites is 1. The van der Waals surface area contributed by atoms with Crippen LogP contribution in [0.15, 0.2) is 58.5 Å². The molecule has 2 aromatic carbocycles. The molecule has 0 N–H and O–H groups in total. The first-order valence-electron chi connectivity index (χ1n) is 8.43. The van der Waals surface area contributed by atoms with Gasteiger partial charge >= 0.3 is 0 Å². The quantitative estimate of drug-likeness (QED) is 0.336. The third-order valence-corrected chi connectivity index (χ3v) is 5.33. The molecule has 0 aliphatic rings. The summed E-state index contributed by atoms with van der Waals surface area (Å²) in [7, 11) is 1.59. The van der Waals surface area contributed by atoms with E-state index in [0.29, 0.717) is 33.3 Å². The van der Waals surface area contributed by atoms with Gasteiger partial charge in [0.05, 0.1) is 29.3 Å². The maximum atomic E-state index is 13.0. The zero-order valence-electron chi connectivity index (χ0n) is 15.0. The molecular weight excluding hydrogens is 384 g/mol. The first-order valence-corrected chi connectivity index (χ1v) is 9.79. The molecule has 5 nitrogen and oxygen atoms in total. The van der Waals surface area contributed by atoms with Crippen LogP contribution >= 0.6 is 23.4 Å². The first-order chi connectivity index (χ1) is 13.0. The largest absolute Gasteiger partial charge is 0.383 e. The van der Waals surface area contributed by atoms with Gasteiger partial charge in [0, 0.05) is 17.7 Å². The van der Waals surface area contributed by atoms with E-state index in [1.165, 1.54) is 11.8 Å². The number of rotatable bonds is 7. The molecule has 7 heteroatoms. The summed E-state index contributed by atoms with van der Waals surface area (Å²) in [5.41, 5.74) is 1.06. The fourth-order valence-electron chi connectivity index (χ4n) is 2.78. The molecule has 0 bridgehead atoms. The molecule has 0 amide bonds. The molecule has 140 valence electrons. The zero-order chi connectivity index (χ0) is 19.4. The number of Topliss-reactive ketones (excluding diaryl/α,β-unsaturated/α-hetero) is 1. The Balaban J connectivity index is 1.94. The SMILES string of the molecule is COCC(C)n1c(SCC(=O)c2ccc(Cl)cc2)nc2ccccc2c1=O. The molecule has 0 saturated heterocycles. The van der Waals surface area contributed by atoms with Gasteiger partial charge in [-0.15, -0.1) is 0 Å². The van der Waals surface area contributed by atoms with Gasteiger partial charge in [0.15, 0.2) is 10.9 Å². The number of ether oxygens (including phenoxy) is 1. The van der Waals surface area contributed by atoms with Crippen LogP contribution < -0.4 is 5.56 Å². The second-order valence-corrected chi connectivity index (χ2v) is 7.49. The van der Waals surface area contributed by atoms with Crippen LogP contribution in [0.5, 0.6) is 0 Å². The van der Waals surface area contributed by atoms with Crippen LogP contribution in [0.3, 0.4) is 0 Å². The number of fused-ring (bicyclic) bond motifs is 1. The van der Waals surface area contributed by atoms with Gasteiger partial charge in [0.1, 0.15) is 0 Å². The molecular formula is C20H19ClN2O3S. The van der Waals surface area contributed by atoms with E-state index < -0.39 is 0 Å². The van der Waals surface area contributed by atoms with E-state index in [2.05, 4.69) is 4.98 Å². The maximum absolute atomic E-state index is 13.0. The van der Waals surface area contributed by atoms with Gasteiger partial charge in [-0.05, 0) is 43.3 Å². The van der Waals surface area contributed by atoms with Crippen molar-refractivity contribution in [2.24, 2.45) is 0 Å². The lowest BCUT2D eigenvalue weighted by Crippen LogP contribution is -2.28. The smallest absolute Gasteiger partial charge is 0.262 e. The number of hydrogen-bond acceptors (Lipinski definition) is 5. The molecule has 27 heavy (non-hydrogen) atoms. The van der Waals surface area contributed by atoms with E-state index in [4.69, 9.17) is 16.3 Å². The van der Waals surface area contributed by atoms with Crippen molar-refractivity contribution >= 4 is 40.0 Å². The summed E-state index contributed by atoms with van der Waals surface area (Å²) in [6.45, 7) is 2.27. The Morgan fingerprint density at radius 3 is 2.63 bits per heavy atom. The molecule has 3 aromatic rings. The number of benzene rings is 2. The molecule has 1 aromatic heterocycles. The van der Waals surface area contributed by atoms with Crippen molar-refractivity contribution in [3.05, 3.63) is 69.5 Å². The molecule has 3 rings (SSSR count). The first kappa shape index (κ1) is 19.6. The molecule has 0 fully saturated rings. The lowest BCUT2D eigenvalue weighted by molar-refractivity contribution is 0.102. The highest BCUT2D eigenvalue weighted by Gasteiger charge is 2.18. The molecule has 1 unspecified atom stereocenters. The van der Waals surface area contributed by atoms with Crippen LogP contribution in [0.1, 0.15) is 23.3 Å². The molecule has 0 aliphatic heterocycles. The van der Waals surface area contributed by atoms with E-state index in [1.54, 1.807) is 48.1 Å². The number of ketones is 1. The highest BCUT2D eigenvalue weighted by Crippen LogP contribution is 2.22. The van der Waals surface area contributed by atoms with Gasteiger partial charge in [-0.2, -0.15) is 0 Å². The van der Waals surface area contributed by atoms with Crippen molar-refractivity contribution in [3.8, 4) is 0 Å². The van der Waals surface area contributed by atoms with Gasteiger partial charge in [-0.1, -0.05) is 35.5 Å². The van der Waals surface area contributed by atoms with Crippen LogP contribution in [-0.4, -0.2) is 34.8 Å². The number of halogens is 1. The number of carbonyl (C=O) groups is 1. The predicted molar refractivity (Wildman–Crippen MR) is 109 cm³/mol. The Labute approximate surface area is 166 Å². The topological polar surface area (TPSA) is 61.2 Å². The summed E-state index contributed by atoms with van der Waals surface area (Å²) in [5, 5.41) is 1.64. The fraction of sp³-hybridized carbons (Fsp3) is 0.250. The monoisotopic (exact) mass is 402 g/mol. The van der Waals surface area contributed by atoms with Gasteiger partial charge in [-0.3, -0.25) is 14.2 Å². The standard InChI is InChI=1S/C20H19ClN2O3S/c1-13(11-26-2)23-19(25)16-5-3-4-6-17(16)22-20(23)27-12-18(24)14-7-9-15(21)10-8-14/h3-10,13H,11-12H2,1-2H3. The van der Waals surface area contributed by atoms with Crippen molar-refractivity contribution in [1.29, 1.82) is 0 Å². The molecule has 0 aliphatic carbocycles. The number of thioether (sulfide) groups is 1. The van der Waals surface area contributed by atoms with E-state index in [0.717, 1.165) is 0 Å². The Morgan fingerprint density at radius 1 is 1.22 bits per heavy atom. The van der Waals surface area contributed by atoms with E-state index in [1.807, 2.05) is 19.1 Å². The van der Waals surface area contributed by atoms with Crippen LogP contribution in [0, 0.1) is 0 Å². The molecule has 0 radical (unpaired) electrons. The molecule has 1 heterocycles. The fourth-order valence-corrected chi connectivity index (χ4v) is 3.90. The van der Waals surface area contributed by atoms with Crippen LogP contribution in [-0.2, 0) is 4.74 Å². The van der Waals surface area contributed by atoms with Crippen LogP contribution in [0.2, 0.25) is 5.02 Å². The minimum absolute atomic E-state index is 0.0509. The van der Waals surface area contributed by atoms with Crippen LogP contribution in [0.25, 0.3) is 10.9 Å². The molecule has 1 atom stereocenters. The summed E-state index contributed by atoms with van der Waals surface area (Å²) in [4.78, 5) is 30.1. The van der Waals surface area contributed by atoms with Gasteiger partial charge in [0.25, 0.3) is 5.56 Å². The summed E-state index contributed by atoms with van der Waals surface area (Å²) in [6.07, 6.45) is 0. The average Bonchev–Trinajstić information content (AvgIpc) is 2.67. The molecule has 0 spiro atoms. The second-order valence-electron chi connectivity index (χ2n) is 6.11. The summed E-state index contributed by atoms with van der Waals surface area (Å²) in [5.74, 6) is 0.122. The van der Waals surface area contributed by atoms with Gasteiger partial charge in [0.2, 0.25) is 0 Å². The highest BCUT2D eigenvalue weighted by molar-refractivity contribution is 7.99. The lowest BCUT2D eigenvalue weighted by atomic mass is 10.1. The van der Waals surface area contributed by atoms with Crippen molar-refractivity contribution in [3.63, 3.8) is 0 Å². The Kier molecular flexibility index (Phi) is 6.31. The van der Waals surface area contributed by atoms with Crippen molar-refractivity contribution in [2.45, 2.75) is 18.1 Å². The average molecular weight is 403 g/mol. The Bertz CT molecular complexity index is 1020. The number of nitrogens with zero attached hydrogens (tertiary/aromatic N) is 2. The third-order valence-electron chi connectivity index (χ3n) is 4.12. The number of aromatic nitrogens is 2. The summed E-state index contributed by atoms with van der Waals surface area (Å²) in [6, 6.07) is 13.8. The number of carbonyl (C=O) groups excluding carboxylic acids is 1. The Morgan fingerprint density at radius 2 is 1.93 bits per heavy atom. The number of methoxy groups -OCH3 is 1. The van der Waals surface area contributed by atoms with E-state index in [9.17, 15) is 9.59 Å². The normalized spacial score (nSPS) is 12.3. The maximum Gasteiger partial charge on any atom is 0.262 e. The van der Waals surface area contributed by atoms with E-state index in [-0.39, 0.29) is 23.1 Å². The lowest BCUT2D eigenvalue weighted by Gasteiger charge is -2.18. The minimum atomic E-state index is -0.201.